The summed E-state index contributed by atoms with van der Waals surface area (Å²) in [7, 11) is 0. The maximum absolute atomic E-state index is 14.0. The number of hydrogen-bond donors (Lipinski definition) is 1. The predicted molar refractivity (Wildman–Crippen MR) is 155 cm³/mol. The van der Waals surface area contributed by atoms with Crippen molar-refractivity contribution in [1.29, 1.82) is 0 Å². The van der Waals surface area contributed by atoms with Gasteiger partial charge in [0, 0.05) is 29.1 Å². The average Bonchev–Trinajstić information content (AvgIpc) is 3.48. The van der Waals surface area contributed by atoms with Gasteiger partial charge in [0.1, 0.15) is 28.9 Å². The molecule has 0 spiro atoms. The molecule has 8 nitrogen and oxygen atoms in total. The largest absolute Gasteiger partial charge is 0.466 e. The zero-order valence-corrected chi connectivity index (χ0v) is 24.1. The third-order valence-corrected chi connectivity index (χ3v) is 7.31. The fourth-order valence-corrected chi connectivity index (χ4v) is 5.37. The number of benzene rings is 2. The molecule has 0 aliphatic carbocycles. The molecule has 1 atom stereocenters. The van der Waals surface area contributed by atoms with Crippen molar-refractivity contribution in [3.05, 3.63) is 97.4 Å². The van der Waals surface area contributed by atoms with Gasteiger partial charge in [-0.05, 0) is 65.2 Å². The molecule has 3 aromatic heterocycles. The fraction of sp³-hybridized carbons (Fsp3) is 0.276. The van der Waals surface area contributed by atoms with Gasteiger partial charge in [-0.25, -0.2) is 4.98 Å². The second kappa shape index (κ2) is 11.0. The number of rotatable bonds is 8. The van der Waals surface area contributed by atoms with Gasteiger partial charge in [0.15, 0.2) is 0 Å². The molecular weight excluding hydrogens is 584 g/mol. The number of nitrogens with zero attached hydrogens (tertiary/aromatic N) is 3. The Bertz CT molecular complexity index is 1720. The Balaban J connectivity index is 1.76. The minimum atomic E-state index is -0.581. The molecule has 2 aromatic carbocycles. The zero-order valence-electron chi connectivity index (χ0n) is 21.8. The van der Waals surface area contributed by atoms with E-state index in [2.05, 4.69) is 15.9 Å². The summed E-state index contributed by atoms with van der Waals surface area (Å²) in [5, 5.41) is 1.12. The molecule has 1 unspecified atom stereocenters. The van der Waals surface area contributed by atoms with E-state index in [1.54, 1.807) is 47.6 Å². The number of amides is 1. The summed E-state index contributed by atoms with van der Waals surface area (Å²) in [6.45, 7) is 6.56. The van der Waals surface area contributed by atoms with E-state index in [4.69, 9.17) is 31.2 Å². The highest BCUT2D eigenvalue weighted by Crippen LogP contribution is 2.33. The van der Waals surface area contributed by atoms with E-state index in [0.29, 0.717) is 38.7 Å². The highest BCUT2D eigenvalue weighted by atomic mass is 79.9. The average molecular weight is 612 g/mol. The van der Waals surface area contributed by atoms with Gasteiger partial charge in [-0.3, -0.25) is 14.2 Å². The van der Waals surface area contributed by atoms with Crippen LogP contribution in [0.15, 0.2) is 72.9 Å². The van der Waals surface area contributed by atoms with E-state index >= 15 is 0 Å². The molecule has 0 saturated heterocycles. The van der Waals surface area contributed by atoms with Crippen LogP contribution < -0.4 is 11.3 Å². The maximum atomic E-state index is 14.0. The Hall–Kier alpha value is -3.40. The monoisotopic (exact) mass is 610 g/mol. The van der Waals surface area contributed by atoms with Gasteiger partial charge in [-0.15, -0.1) is 0 Å². The highest BCUT2D eigenvalue weighted by molar-refractivity contribution is 9.10. The highest BCUT2D eigenvalue weighted by Gasteiger charge is 2.33. The van der Waals surface area contributed by atoms with Gasteiger partial charge in [-0.1, -0.05) is 43.1 Å². The van der Waals surface area contributed by atoms with E-state index in [1.165, 1.54) is 4.57 Å². The number of aryl methyl sites for hydroxylation is 1. The topological polar surface area (TPSA) is 108 Å². The van der Waals surface area contributed by atoms with Crippen molar-refractivity contribution in [3.63, 3.8) is 0 Å². The van der Waals surface area contributed by atoms with Crippen molar-refractivity contribution < 1.29 is 13.6 Å². The molecule has 2 N–H and O–H groups in total. The molecule has 10 heteroatoms. The summed E-state index contributed by atoms with van der Waals surface area (Å²) in [6.07, 6.45) is 1.55. The molecule has 3 heterocycles. The van der Waals surface area contributed by atoms with E-state index in [0.717, 1.165) is 10.0 Å². The lowest BCUT2D eigenvalue weighted by molar-refractivity contribution is 0.0612. The Morgan fingerprint density at radius 1 is 1.18 bits per heavy atom. The molecule has 0 bridgehead atoms. The lowest BCUT2D eigenvalue weighted by Crippen LogP contribution is -2.43. The van der Waals surface area contributed by atoms with E-state index in [-0.39, 0.29) is 42.6 Å². The lowest BCUT2D eigenvalue weighted by Gasteiger charge is -2.35. The molecule has 1 amide bonds. The third-order valence-electron chi connectivity index (χ3n) is 6.66. The minimum Gasteiger partial charge on any atom is -0.466 e. The summed E-state index contributed by atoms with van der Waals surface area (Å²) in [6, 6.07) is 13.7. The molecule has 0 aliphatic heterocycles. The van der Waals surface area contributed by atoms with Crippen molar-refractivity contribution in [3.8, 4) is 0 Å². The van der Waals surface area contributed by atoms with Crippen LogP contribution in [-0.2, 0) is 6.54 Å². The summed E-state index contributed by atoms with van der Waals surface area (Å²) in [4.78, 5) is 34.6. The van der Waals surface area contributed by atoms with Crippen LogP contribution in [0.5, 0.6) is 0 Å². The van der Waals surface area contributed by atoms with Crippen molar-refractivity contribution in [2.24, 2.45) is 11.7 Å². The number of carbonyl (C=O) groups excluding carboxylic acids is 1. The van der Waals surface area contributed by atoms with Crippen LogP contribution in [0.2, 0.25) is 5.02 Å². The summed E-state index contributed by atoms with van der Waals surface area (Å²) in [5.41, 5.74) is 8.22. The Labute approximate surface area is 238 Å². The van der Waals surface area contributed by atoms with Gasteiger partial charge in [0.25, 0.3) is 11.5 Å². The van der Waals surface area contributed by atoms with Gasteiger partial charge in [0.2, 0.25) is 5.58 Å². The molecule has 5 aromatic rings. The Kier molecular flexibility index (Phi) is 7.66. The first-order chi connectivity index (χ1) is 18.7. The molecule has 0 radical (unpaired) electrons. The molecule has 39 heavy (non-hydrogen) atoms. The zero-order chi connectivity index (χ0) is 27.8. The van der Waals surface area contributed by atoms with Gasteiger partial charge in [-0.2, -0.15) is 0 Å². The van der Waals surface area contributed by atoms with Crippen LogP contribution >= 0.6 is 27.5 Å². The predicted octanol–water partition coefficient (Wildman–Crippen LogP) is 6.31. The van der Waals surface area contributed by atoms with Crippen molar-refractivity contribution in [2.45, 2.75) is 33.4 Å². The summed E-state index contributed by atoms with van der Waals surface area (Å²) >= 11 is 9.69. The van der Waals surface area contributed by atoms with Crippen LogP contribution in [0, 0.1) is 12.8 Å². The number of halogens is 2. The maximum Gasteiger partial charge on any atom is 0.297 e. The summed E-state index contributed by atoms with van der Waals surface area (Å²) in [5.74, 6) is 0.641. The van der Waals surface area contributed by atoms with E-state index < -0.39 is 6.04 Å². The number of nitrogens with two attached hydrogens (primary N) is 1. The van der Waals surface area contributed by atoms with Crippen LogP contribution in [0.3, 0.4) is 0 Å². The minimum absolute atomic E-state index is 0.0961. The number of hydrogen-bond acceptors (Lipinski definition) is 6. The van der Waals surface area contributed by atoms with E-state index in [9.17, 15) is 9.59 Å². The molecule has 0 fully saturated rings. The third kappa shape index (κ3) is 5.26. The molecule has 0 saturated carbocycles. The van der Waals surface area contributed by atoms with Crippen LogP contribution in [-0.4, -0.2) is 33.4 Å². The second-order valence-electron chi connectivity index (χ2n) is 9.85. The quantitative estimate of drug-likeness (QED) is 0.220. The molecule has 5 rings (SSSR count). The smallest absolute Gasteiger partial charge is 0.297 e. The first-order valence-corrected chi connectivity index (χ1v) is 13.8. The molecular formula is C29H28BrClN4O4. The standard InChI is InChI=1S/C29H28BrClN4O4/c1-16(2)25(34(11-10-32)28(36)18-6-4-17(3)5-7-18)27-33-24-22-13-20(31)8-9-23(22)39-26(24)29(37)35(27)14-21-12-19(30)15-38-21/h4-9,12-13,15-16,25H,10-11,14,32H2,1-3H3. The Morgan fingerprint density at radius 3 is 2.56 bits per heavy atom. The number of furan rings is 2. The van der Waals surface area contributed by atoms with E-state index in [1.807, 2.05) is 32.9 Å². The summed E-state index contributed by atoms with van der Waals surface area (Å²) < 4.78 is 13.9. The van der Waals surface area contributed by atoms with Crippen molar-refractivity contribution in [1.82, 2.24) is 14.5 Å². The van der Waals surface area contributed by atoms with Crippen LogP contribution in [0.4, 0.5) is 0 Å². The molecule has 202 valence electrons. The first-order valence-electron chi connectivity index (χ1n) is 12.6. The van der Waals surface area contributed by atoms with Gasteiger partial charge in [0.05, 0.1) is 17.1 Å². The first kappa shape index (κ1) is 27.2. The Morgan fingerprint density at radius 2 is 1.92 bits per heavy atom. The normalized spacial score (nSPS) is 12.5. The van der Waals surface area contributed by atoms with Crippen LogP contribution in [0.1, 0.15) is 47.4 Å². The van der Waals surface area contributed by atoms with Gasteiger partial charge >= 0.3 is 0 Å². The van der Waals surface area contributed by atoms with Gasteiger partial charge < -0.3 is 19.5 Å². The lowest BCUT2D eigenvalue weighted by atomic mass is 9.99. The SMILES string of the molecule is Cc1ccc(C(=O)N(CCN)C(c2nc3c(oc4ccc(Cl)cc43)c(=O)n2Cc2cc(Br)co2)C(C)C)cc1. The molecule has 0 aliphatic rings. The number of aromatic nitrogens is 2. The van der Waals surface area contributed by atoms with Crippen LogP contribution in [0.25, 0.3) is 22.1 Å². The second-order valence-corrected chi connectivity index (χ2v) is 11.2. The number of carbonyl (C=O) groups is 1. The fourth-order valence-electron chi connectivity index (χ4n) is 4.85. The number of fused-ring (bicyclic) bond motifs is 3. The van der Waals surface area contributed by atoms with Crippen molar-refractivity contribution >= 4 is 55.5 Å². The van der Waals surface area contributed by atoms with Crippen molar-refractivity contribution in [2.75, 3.05) is 13.1 Å².